The monoisotopic (exact) mass is 294 g/mol. The summed E-state index contributed by atoms with van der Waals surface area (Å²) in [6, 6.07) is 5.95. The number of halogens is 1. The molecule has 0 bridgehead atoms. The molecule has 0 atom stereocenters. The van der Waals surface area contributed by atoms with Crippen molar-refractivity contribution in [2.45, 2.75) is 51.1 Å². The number of nitrogens with zero attached hydrogens (tertiary/aromatic N) is 1. The molecule has 1 fully saturated rings. The van der Waals surface area contributed by atoms with Crippen molar-refractivity contribution in [2.75, 3.05) is 20.2 Å². The minimum atomic E-state index is -0.228. The Morgan fingerprint density at radius 1 is 1.29 bits per heavy atom. The molecule has 2 rings (SSSR count). The van der Waals surface area contributed by atoms with Crippen LogP contribution in [-0.4, -0.2) is 31.1 Å². The molecular formula is C17H27FN2O. The Bertz CT molecular complexity index is 433. The van der Waals surface area contributed by atoms with E-state index < -0.39 is 0 Å². The van der Waals surface area contributed by atoms with E-state index >= 15 is 0 Å². The maximum Gasteiger partial charge on any atom is 0.169 e. The summed E-state index contributed by atoms with van der Waals surface area (Å²) < 4.78 is 19.4. The highest BCUT2D eigenvalue weighted by molar-refractivity contribution is 5.31. The van der Waals surface area contributed by atoms with Crippen LogP contribution in [0.3, 0.4) is 0 Å². The van der Waals surface area contributed by atoms with Gasteiger partial charge in [0, 0.05) is 18.2 Å². The van der Waals surface area contributed by atoms with Gasteiger partial charge in [0.05, 0.1) is 7.11 Å². The van der Waals surface area contributed by atoms with Gasteiger partial charge in [0.15, 0.2) is 11.6 Å². The predicted octanol–water partition coefficient (Wildman–Crippen LogP) is 3.32. The summed E-state index contributed by atoms with van der Waals surface area (Å²) in [5.41, 5.74) is 6.37. The lowest BCUT2D eigenvalue weighted by Crippen LogP contribution is -2.37. The van der Waals surface area contributed by atoms with Gasteiger partial charge in [-0.3, -0.25) is 4.90 Å². The zero-order chi connectivity index (χ0) is 15.1. The summed E-state index contributed by atoms with van der Waals surface area (Å²) in [5, 5.41) is 0. The number of hydrogen-bond acceptors (Lipinski definition) is 3. The zero-order valence-corrected chi connectivity index (χ0v) is 13.0. The van der Waals surface area contributed by atoms with E-state index in [1.54, 1.807) is 6.07 Å². The first-order valence-corrected chi connectivity index (χ1v) is 8.01. The summed E-state index contributed by atoms with van der Waals surface area (Å²) in [5.74, 6) is 0.100. The van der Waals surface area contributed by atoms with Gasteiger partial charge in [0.1, 0.15) is 0 Å². The van der Waals surface area contributed by atoms with E-state index in [2.05, 4.69) is 4.90 Å². The first-order chi connectivity index (χ1) is 10.3. The Kier molecular flexibility index (Phi) is 6.46. The third-order valence-electron chi connectivity index (χ3n) is 4.38. The Morgan fingerprint density at radius 3 is 2.71 bits per heavy atom. The van der Waals surface area contributed by atoms with Gasteiger partial charge in [-0.2, -0.15) is 0 Å². The average molecular weight is 294 g/mol. The van der Waals surface area contributed by atoms with E-state index in [9.17, 15) is 4.39 Å². The number of rotatable bonds is 7. The number of methoxy groups -OCH3 is 1. The first-order valence-electron chi connectivity index (χ1n) is 8.01. The molecule has 0 saturated heterocycles. The van der Waals surface area contributed by atoms with Crippen LogP contribution in [0.5, 0.6) is 5.75 Å². The topological polar surface area (TPSA) is 38.5 Å². The molecule has 118 valence electrons. The lowest BCUT2D eigenvalue weighted by atomic mass is 9.93. The molecule has 0 unspecified atom stereocenters. The third-order valence-corrected chi connectivity index (χ3v) is 4.38. The highest BCUT2D eigenvalue weighted by Crippen LogP contribution is 2.26. The van der Waals surface area contributed by atoms with E-state index in [1.807, 2.05) is 12.1 Å². The van der Waals surface area contributed by atoms with Gasteiger partial charge in [-0.1, -0.05) is 31.4 Å². The second-order valence-electron chi connectivity index (χ2n) is 5.84. The highest BCUT2D eigenvalue weighted by Gasteiger charge is 2.22. The van der Waals surface area contributed by atoms with Crippen LogP contribution >= 0.6 is 0 Å². The van der Waals surface area contributed by atoms with E-state index in [4.69, 9.17) is 10.5 Å². The largest absolute Gasteiger partial charge is 0.494 e. The molecule has 1 aliphatic rings. The van der Waals surface area contributed by atoms with Gasteiger partial charge in [0.2, 0.25) is 0 Å². The Hall–Kier alpha value is -1.13. The molecule has 0 aromatic heterocycles. The van der Waals surface area contributed by atoms with Gasteiger partial charge >= 0.3 is 0 Å². The summed E-state index contributed by atoms with van der Waals surface area (Å²) in [7, 11) is 1.51. The minimum Gasteiger partial charge on any atom is -0.494 e. The first kappa shape index (κ1) is 16.2. The van der Waals surface area contributed by atoms with Crippen molar-refractivity contribution >= 4 is 0 Å². The second kappa shape index (κ2) is 8.35. The van der Waals surface area contributed by atoms with E-state index in [1.165, 1.54) is 39.2 Å². The summed E-state index contributed by atoms with van der Waals surface area (Å²) >= 11 is 0. The molecule has 4 heteroatoms. The molecule has 21 heavy (non-hydrogen) atoms. The molecule has 1 aromatic carbocycles. The molecule has 1 aromatic rings. The number of nitrogens with two attached hydrogens (primary N) is 1. The number of benzene rings is 1. The number of ether oxygens (including phenoxy) is 1. The highest BCUT2D eigenvalue weighted by atomic mass is 19.1. The van der Waals surface area contributed by atoms with Gasteiger partial charge in [0.25, 0.3) is 0 Å². The van der Waals surface area contributed by atoms with Gasteiger partial charge < -0.3 is 10.5 Å². The molecule has 0 radical (unpaired) electrons. The smallest absolute Gasteiger partial charge is 0.169 e. The lowest BCUT2D eigenvalue weighted by Gasteiger charge is -2.34. The molecular weight excluding hydrogens is 267 g/mol. The van der Waals surface area contributed by atoms with E-state index in [0.29, 0.717) is 24.9 Å². The molecule has 0 aliphatic heterocycles. The molecule has 0 amide bonds. The standard InChI is InChI=1S/C17H27FN2O/c1-21-16-10-5-7-14(17(16)18)13-20(12-6-11-19)15-8-3-2-4-9-15/h5,7,10,15H,2-4,6,8-9,11-13,19H2,1H3. The molecule has 0 heterocycles. The second-order valence-corrected chi connectivity index (χ2v) is 5.84. The SMILES string of the molecule is COc1cccc(CN(CCCN)C2CCCCC2)c1F. The van der Waals surface area contributed by atoms with Crippen LogP contribution in [-0.2, 0) is 6.54 Å². The summed E-state index contributed by atoms with van der Waals surface area (Å²) in [4.78, 5) is 2.41. The molecule has 1 aliphatic carbocycles. The van der Waals surface area contributed by atoms with Crippen molar-refractivity contribution in [1.29, 1.82) is 0 Å². The van der Waals surface area contributed by atoms with Crippen molar-refractivity contribution in [1.82, 2.24) is 4.90 Å². The Morgan fingerprint density at radius 2 is 2.05 bits per heavy atom. The summed E-state index contributed by atoms with van der Waals surface area (Å²) in [6.07, 6.45) is 7.29. The molecule has 0 spiro atoms. The molecule has 2 N–H and O–H groups in total. The lowest BCUT2D eigenvalue weighted by molar-refractivity contribution is 0.145. The van der Waals surface area contributed by atoms with Gasteiger partial charge in [-0.05, 0) is 38.4 Å². The maximum atomic E-state index is 14.3. The summed E-state index contributed by atoms with van der Waals surface area (Å²) in [6.45, 7) is 2.27. The third kappa shape index (κ3) is 4.42. The fraction of sp³-hybridized carbons (Fsp3) is 0.647. The van der Waals surface area contributed by atoms with Crippen molar-refractivity contribution in [3.05, 3.63) is 29.6 Å². The number of hydrogen-bond donors (Lipinski definition) is 1. The van der Waals surface area contributed by atoms with Crippen molar-refractivity contribution < 1.29 is 9.13 Å². The quantitative estimate of drug-likeness (QED) is 0.838. The van der Waals surface area contributed by atoms with Crippen LogP contribution in [0.2, 0.25) is 0 Å². The Balaban J connectivity index is 2.10. The van der Waals surface area contributed by atoms with Crippen LogP contribution < -0.4 is 10.5 Å². The van der Waals surface area contributed by atoms with E-state index in [-0.39, 0.29) is 5.82 Å². The van der Waals surface area contributed by atoms with E-state index in [0.717, 1.165) is 18.5 Å². The predicted molar refractivity (Wildman–Crippen MR) is 83.9 cm³/mol. The van der Waals surface area contributed by atoms with Crippen molar-refractivity contribution in [3.8, 4) is 5.75 Å². The van der Waals surface area contributed by atoms with Gasteiger partial charge in [-0.15, -0.1) is 0 Å². The molecule has 1 saturated carbocycles. The Labute approximate surface area is 127 Å². The van der Waals surface area contributed by atoms with Crippen LogP contribution in [0.4, 0.5) is 4.39 Å². The van der Waals surface area contributed by atoms with Crippen LogP contribution in [0.1, 0.15) is 44.1 Å². The van der Waals surface area contributed by atoms with Crippen LogP contribution in [0.15, 0.2) is 18.2 Å². The fourth-order valence-corrected chi connectivity index (χ4v) is 3.19. The normalized spacial score (nSPS) is 16.4. The zero-order valence-electron chi connectivity index (χ0n) is 13.0. The molecule has 3 nitrogen and oxygen atoms in total. The maximum absolute atomic E-state index is 14.3. The van der Waals surface area contributed by atoms with Crippen molar-refractivity contribution in [2.24, 2.45) is 5.73 Å². The van der Waals surface area contributed by atoms with Gasteiger partial charge in [-0.25, -0.2) is 4.39 Å². The average Bonchev–Trinajstić information content (AvgIpc) is 2.53. The van der Waals surface area contributed by atoms with Crippen molar-refractivity contribution in [3.63, 3.8) is 0 Å². The van der Waals surface area contributed by atoms with Crippen LogP contribution in [0.25, 0.3) is 0 Å². The minimum absolute atomic E-state index is 0.228. The van der Waals surface area contributed by atoms with Crippen LogP contribution in [0, 0.1) is 5.82 Å². The fourth-order valence-electron chi connectivity index (χ4n) is 3.19.